The quantitative estimate of drug-likeness (QED) is 0.460. The van der Waals surface area contributed by atoms with Crippen molar-refractivity contribution < 1.29 is 0 Å². The van der Waals surface area contributed by atoms with Crippen LogP contribution in [0.1, 0.15) is 31.5 Å². The Morgan fingerprint density at radius 1 is 1.48 bits per heavy atom. The maximum Gasteiger partial charge on any atom is 0.191 e. The minimum absolute atomic E-state index is 0.757. The summed E-state index contributed by atoms with van der Waals surface area (Å²) in [6, 6.07) is 0. The van der Waals surface area contributed by atoms with Gasteiger partial charge in [0.1, 0.15) is 5.82 Å². The minimum Gasteiger partial charge on any atom is -0.356 e. The van der Waals surface area contributed by atoms with Gasteiger partial charge < -0.3 is 15.2 Å². The Balaban J connectivity index is 1.54. The number of guanidine groups is 1. The third kappa shape index (κ3) is 5.61. The van der Waals surface area contributed by atoms with E-state index in [9.17, 15) is 0 Å². The van der Waals surface area contributed by atoms with Crippen LogP contribution in [0.3, 0.4) is 0 Å². The molecule has 2 rings (SSSR count). The van der Waals surface area contributed by atoms with E-state index in [1.165, 1.54) is 18.6 Å². The summed E-state index contributed by atoms with van der Waals surface area (Å²) in [5.41, 5.74) is 0. The van der Waals surface area contributed by atoms with Crippen LogP contribution in [-0.4, -0.2) is 46.7 Å². The summed E-state index contributed by atoms with van der Waals surface area (Å²) in [5, 5.41) is 7.58. The summed E-state index contributed by atoms with van der Waals surface area (Å²) in [7, 11) is 1.84. The number of rotatable bonds is 7. The smallest absolute Gasteiger partial charge is 0.191 e. The SMILES string of the molecule is CN=C(NCCCCn1ccnc1C)NCC1CCCS1. The number of thioether (sulfide) groups is 1. The van der Waals surface area contributed by atoms with Crippen LogP contribution in [0.5, 0.6) is 0 Å². The van der Waals surface area contributed by atoms with Crippen molar-refractivity contribution in [1.82, 2.24) is 20.2 Å². The predicted molar refractivity (Wildman–Crippen MR) is 91.0 cm³/mol. The number of nitrogens with one attached hydrogen (secondary N) is 2. The van der Waals surface area contributed by atoms with Gasteiger partial charge in [0.05, 0.1) is 0 Å². The molecule has 1 fully saturated rings. The van der Waals surface area contributed by atoms with Gasteiger partial charge in [0.25, 0.3) is 0 Å². The molecule has 0 amide bonds. The van der Waals surface area contributed by atoms with Crippen molar-refractivity contribution in [2.75, 3.05) is 25.9 Å². The monoisotopic (exact) mass is 309 g/mol. The highest BCUT2D eigenvalue weighted by Crippen LogP contribution is 2.25. The molecule has 21 heavy (non-hydrogen) atoms. The van der Waals surface area contributed by atoms with Crippen molar-refractivity contribution in [3.8, 4) is 0 Å². The Morgan fingerprint density at radius 2 is 2.38 bits per heavy atom. The van der Waals surface area contributed by atoms with Crippen LogP contribution in [0.4, 0.5) is 0 Å². The van der Waals surface area contributed by atoms with Gasteiger partial charge in [0.15, 0.2) is 5.96 Å². The first-order valence-electron chi connectivity index (χ1n) is 7.83. The normalized spacial score (nSPS) is 19.0. The van der Waals surface area contributed by atoms with Crippen LogP contribution >= 0.6 is 11.8 Å². The number of unbranched alkanes of at least 4 members (excludes halogenated alkanes) is 1. The molecule has 0 spiro atoms. The fourth-order valence-corrected chi connectivity index (χ4v) is 3.69. The van der Waals surface area contributed by atoms with Crippen molar-refractivity contribution in [3.05, 3.63) is 18.2 Å². The van der Waals surface area contributed by atoms with Crippen molar-refractivity contribution in [2.45, 2.75) is 44.4 Å². The van der Waals surface area contributed by atoms with Crippen molar-refractivity contribution in [3.63, 3.8) is 0 Å². The predicted octanol–water partition coefficient (Wildman–Crippen LogP) is 2.03. The first-order chi connectivity index (χ1) is 10.3. The molecule has 2 heterocycles. The van der Waals surface area contributed by atoms with Gasteiger partial charge in [-0.05, 0) is 38.4 Å². The first-order valence-corrected chi connectivity index (χ1v) is 8.88. The Hall–Kier alpha value is -1.17. The number of aliphatic imine (C=N–C) groups is 1. The summed E-state index contributed by atoms with van der Waals surface area (Å²) < 4.78 is 2.20. The van der Waals surface area contributed by atoms with Crippen LogP contribution in [-0.2, 0) is 6.54 Å². The molecule has 0 saturated carbocycles. The van der Waals surface area contributed by atoms with E-state index in [0.29, 0.717) is 0 Å². The van der Waals surface area contributed by atoms with Crippen LogP contribution < -0.4 is 10.6 Å². The van der Waals surface area contributed by atoms with Gasteiger partial charge in [-0.1, -0.05) is 0 Å². The molecule has 118 valence electrons. The molecule has 0 aromatic carbocycles. The Bertz CT molecular complexity index is 437. The third-order valence-electron chi connectivity index (χ3n) is 3.79. The molecule has 1 aromatic rings. The molecule has 2 N–H and O–H groups in total. The lowest BCUT2D eigenvalue weighted by Gasteiger charge is -2.14. The van der Waals surface area contributed by atoms with Crippen molar-refractivity contribution in [2.24, 2.45) is 4.99 Å². The van der Waals surface area contributed by atoms with Crippen molar-refractivity contribution in [1.29, 1.82) is 0 Å². The minimum atomic E-state index is 0.757. The van der Waals surface area contributed by atoms with Crippen LogP contribution in [0.2, 0.25) is 0 Å². The highest BCUT2D eigenvalue weighted by molar-refractivity contribution is 8.00. The summed E-state index contributed by atoms with van der Waals surface area (Å²) in [6.07, 6.45) is 8.88. The molecular weight excluding hydrogens is 282 g/mol. The topological polar surface area (TPSA) is 54.2 Å². The number of imidazole rings is 1. The molecule has 5 nitrogen and oxygen atoms in total. The molecule has 1 aliphatic heterocycles. The highest BCUT2D eigenvalue weighted by atomic mass is 32.2. The second kappa shape index (κ2) is 8.97. The average molecular weight is 309 g/mol. The van der Waals surface area contributed by atoms with E-state index in [4.69, 9.17) is 0 Å². The number of nitrogens with zero attached hydrogens (tertiary/aromatic N) is 3. The van der Waals surface area contributed by atoms with E-state index < -0.39 is 0 Å². The third-order valence-corrected chi connectivity index (χ3v) is 5.18. The van der Waals surface area contributed by atoms with Gasteiger partial charge in [-0.3, -0.25) is 4.99 Å². The first kappa shape index (κ1) is 16.2. The van der Waals surface area contributed by atoms with Gasteiger partial charge in [-0.2, -0.15) is 11.8 Å². The maximum absolute atomic E-state index is 4.28. The second-order valence-electron chi connectivity index (χ2n) is 5.39. The standard InChI is InChI=1S/C15H27N5S/c1-13-17-8-10-20(13)9-4-3-7-18-15(16-2)19-12-14-6-5-11-21-14/h8,10,14H,3-7,9,11-12H2,1-2H3,(H2,16,18,19). The molecule has 1 saturated heterocycles. The molecule has 1 aromatic heterocycles. The van der Waals surface area contributed by atoms with E-state index in [2.05, 4.69) is 36.9 Å². The zero-order chi connectivity index (χ0) is 14.9. The van der Waals surface area contributed by atoms with E-state index in [0.717, 1.165) is 49.5 Å². The Kier molecular flexibility index (Phi) is 6.92. The fourth-order valence-electron chi connectivity index (χ4n) is 2.49. The van der Waals surface area contributed by atoms with Gasteiger partial charge in [0.2, 0.25) is 0 Å². The lowest BCUT2D eigenvalue weighted by atomic mass is 10.2. The van der Waals surface area contributed by atoms with E-state index in [1.54, 1.807) is 0 Å². The van der Waals surface area contributed by atoms with E-state index >= 15 is 0 Å². The fraction of sp³-hybridized carbons (Fsp3) is 0.733. The molecule has 1 atom stereocenters. The summed E-state index contributed by atoms with van der Waals surface area (Å²) in [5.74, 6) is 3.34. The van der Waals surface area contributed by atoms with Gasteiger partial charge in [-0.25, -0.2) is 4.98 Å². The van der Waals surface area contributed by atoms with E-state index in [1.807, 2.05) is 26.4 Å². The largest absolute Gasteiger partial charge is 0.356 e. The molecule has 1 unspecified atom stereocenters. The summed E-state index contributed by atoms with van der Waals surface area (Å²) in [6.45, 7) is 5.08. The zero-order valence-corrected chi connectivity index (χ0v) is 14.0. The van der Waals surface area contributed by atoms with E-state index in [-0.39, 0.29) is 0 Å². The van der Waals surface area contributed by atoms with Crippen LogP contribution in [0.25, 0.3) is 0 Å². The lowest BCUT2D eigenvalue weighted by Crippen LogP contribution is -2.40. The van der Waals surface area contributed by atoms with Gasteiger partial charge in [-0.15, -0.1) is 0 Å². The summed E-state index contributed by atoms with van der Waals surface area (Å²) in [4.78, 5) is 8.52. The number of hydrogen-bond acceptors (Lipinski definition) is 3. The Morgan fingerprint density at radius 3 is 3.05 bits per heavy atom. The maximum atomic E-state index is 4.28. The summed E-state index contributed by atoms with van der Waals surface area (Å²) >= 11 is 2.07. The molecule has 0 bridgehead atoms. The van der Waals surface area contributed by atoms with Crippen LogP contribution in [0, 0.1) is 6.92 Å². The van der Waals surface area contributed by atoms with Crippen molar-refractivity contribution >= 4 is 17.7 Å². The highest BCUT2D eigenvalue weighted by Gasteiger charge is 2.15. The zero-order valence-electron chi connectivity index (χ0n) is 13.1. The average Bonchev–Trinajstić information content (AvgIpc) is 3.14. The Labute approximate surface area is 132 Å². The second-order valence-corrected chi connectivity index (χ2v) is 6.80. The van der Waals surface area contributed by atoms with Gasteiger partial charge in [0, 0.05) is 44.3 Å². The molecule has 0 radical (unpaired) electrons. The molecule has 1 aliphatic rings. The number of aryl methyl sites for hydroxylation is 2. The number of aromatic nitrogens is 2. The van der Waals surface area contributed by atoms with Gasteiger partial charge >= 0.3 is 0 Å². The molecule has 6 heteroatoms. The number of hydrogen-bond donors (Lipinski definition) is 2. The lowest BCUT2D eigenvalue weighted by molar-refractivity contribution is 0.588. The molecular formula is C15H27N5S. The van der Waals surface area contributed by atoms with Crippen LogP contribution in [0.15, 0.2) is 17.4 Å². The molecule has 0 aliphatic carbocycles.